The summed E-state index contributed by atoms with van der Waals surface area (Å²) in [5.74, 6) is 0.644. The lowest BCUT2D eigenvalue weighted by molar-refractivity contribution is 0.0690. The van der Waals surface area contributed by atoms with Crippen LogP contribution in [0.5, 0.6) is 0 Å². The minimum atomic E-state index is 0.318. The van der Waals surface area contributed by atoms with Crippen molar-refractivity contribution in [2.24, 2.45) is 0 Å². The summed E-state index contributed by atoms with van der Waals surface area (Å²) in [7, 11) is 3.36. The molecule has 1 N–H and O–H groups in total. The van der Waals surface area contributed by atoms with E-state index in [0.29, 0.717) is 38.3 Å². The third-order valence-electron chi connectivity index (χ3n) is 1.94. The normalized spacial score (nSPS) is 13.0. The van der Waals surface area contributed by atoms with Gasteiger partial charge in [-0.25, -0.2) is 0 Å². The fourth-order valence-corrected chi connectivity index (χ4v) is 1.42. The second-order valence-electron chi connectivity index (χ2n) is 3.19. The third kappa shape index (κ3) is 10.4. The van der Waals surface area contributed by atoms with Crippen molar-refractivity contribution in [2.75, 3.05) is 53.1 Å². The average Bonchev–Trinajstić information content (AvgIpc) is 2.24. The van der Waals surface area contributed by atoms with E-state index < -0.39 is 0 Å². The molecule has 15 heavy (non-hydrogen) atoms. The molecule has 0 aliphatic rings. The van der Waals surface area contributed by atoms with Crippen LogP contribution in [0.15, 0.2) is 0 Å². The van der Waals surface area contributed by atoms with Gasteiger partial charge in [-0.2, -0.15) is 0 Å². The molecule has 0 aromatic heterocycles. The summed E-state index contributed by atoms with van der Waals surface area (Å²) in [6, 6.07) is 0.318. The summed E-state index contributed by atoms with van der Waals surface area (Å²) < 4.78 is 15.3. The highest BCUT2D eigenvalue weighted by Gasteiger charge is 2.05. The van der Waals surface area contributed by atoms with Crippen LogP contribution in [0.25, 0.3) is 0 Å². The molecule has 0 radical (unpaired) electrons. The SMILES string of the molecule is COCCOCCNC(CCCl)COC. The molecule has 0 aromatic rings. The number of rotatable bonds is 11. The second kappa shape index (κ2) is 12.2. The molecule has 0 heterocycles. The monoisotopic (exact) mass is 239 g/mol. The number of ether oxygens (including phenoxy) is 3. The van der Waals surface area contributed by atoms with Gasteiger partial charge in [-0.05, 0) is 6.42 Å². The zero-order valence-corrected chi connectivity index (χ0v) is 10.4. The van der Waals surface area contributed by atoms with Crippen LogP contribution in [0.4, 0.5) is 0 Å². The van der Waals surface area contributed by atoms with Gasteiger partial charge in [-0.15, -0.1) is 11.6 Å². The predicted octanol–water partition coefficient (Wildman–Crippen LogP) is 0.883. The predicted molar refractivity (Wildman–Crippen MR) is 61.7 cm³/mol. The first-order chi connectivity index (χ1) is 7.35. The lowest BCUT2D eigenvalue weighted by Crippen LogP contribution is -2.36. The van der Waals surface area contributed by atoms with E-state index in [0.717, 1.165) is 13.0 Å². The van der Waals surface area contributed by atoms with Gasteiger partial charge in [-0.3, -0.25) is 0 Å². The third-order valence-corrected chi connectivity index (χ3v) is 2.15. The quantitative estimate of drug-likeness (QED) is 0.429. The highest BCUT2D eigenvalue weighted by atomic mass is 35.5. The molecular weight excluding hydrogens is 218 g/mol. The lowest BCUT2D eigenvalue weighted by Gasteiger charge is -2.16. The van der Waals surface area contributed by atoms with Gasteiger partial charge >= 0.3 is 0 Å². The van der Waals surface area contributed by atoms with Gasteiger partial charge in [0.1, 0.15) is 0 Å². The first-order valence-electron chi connectivity index (χ1n) is 5.20. The van der Waals surface area contributed by atoms with Gasteiger partial charge < -0.3 is 19.5 Å². The van der Waals surface area contributed by atoms with Gasteiger partial charge in [0.2, 0.25) is 0 Å². The molecule has 0 amide bonds. The van der Waals surface area contributed by atoms with Crippen LogP contribution in [0, 0.1) is 0 Å². The summed E-state index contributed by atoms with van der Waals surface area (Å²) in [4.78, 5) is 0. The summed E-state index contributed by atoms with van der Waals surface area (Å²) >= 11 is 5.67. The standard InChI is InChI=1S/C10H22ClNO3/c1-13-7-8-15-6-5-12-10(3-4-11)9-14-2/h10,12H,3-9H2,1-2H3. The zero-order valence-electron chi connectivity index (χ0n) is 9.63. The molecule has 5 heteroatoms. The molecule has 0 saturated carbocycles. The van der Waals surface area contributed by atoms with Gasteiger partial charge in [-0.1, -0.05) is 0 Å². The van der Waals surface area contributed by atoms with Crippen molar-refractivity contribution in [1.82, 2.24) is 5.32 Å². The van der Waals surface area contributed by atoms with E-state index in [-0.39, 0.29) is 0 Å². The Kier molecular flexibility index (Phi) is 12.3. The Hall–Kier alpha value is 0.130. The molecular formula is C10H22ClNO3. The molecule has 0 aromatic carbocycles. The van der Waals surface area contributed by atoms with Crippen molar-refractivity contribution in [1.29, 1.82) is 0 Å². The molecule has 1 atom stereocenters. The molecule has 0 saturated heterocycles. The van der Waals surface area contributed by atoms with E-state index in [4.69, 9.17) is 25.8 Å². The molecule has 4 nitrogen and oxygen atoms in total. The Morgan fingerprint density at radius 3 is 2.53 bits per heavy atom. The molecule has 0 fully saturated rings. The molecule has 1 unspecified atom stereocenters. The molecule has 92 valence electrons. The highest BCUT2D eigenvalue weighted by molar-refractivity contribution is 6.17. The van der Waals surface area contributed by atoms with Crippen molar-refractivity contribution >= 4 is 11.6 Å². The maximum Gasteiger partial charge on any atom is 0.0700 e. The number of hydrogen-bond acceptors (Lipinski definition) is 4. The van der Waals surface area contributed by atoms with Crippen molar-refractivity contribution in [3.8, 4) is 0 Å². The Morgan fingerprint density at radius 1 is 1.13 bits per heavy atom. The van der Waals surface area contributed by atoms with Crippen molar-refractivity contribution in [2.45, 2.75) is 12.5 Å². The fraction of sp³-hybridized carbons (Fsp3) is 1.00. The van der Waals surface area contributed by atoms with E-state index >= 15 is 0 Å². The Bertz CT molecular complexity index is 121. The zero-order chi connectivity index (χ0) is 11.4. The summed E-state index contributed by atoms with van der Waals surface area (Å²) in [5, 5.41) is 3.32. The van der Waals surface area contributed by atoms with Crippen LogP contribution in [0.1, 0.15) is 6.42 Å². The van der Waals surface area contributed by atoms with Crippen molar-refractivity contribution in [3.63, 3.8) is 0 Å². The first-order valence-corrected chi connectivity index (χ1v) is 5.73. The molecule has 0 bridgehead atoms. The van der Waals surface area contributed by atoms with E-state index in [1.165, 1.54) is 0 Å². The fourth-order valence-electron chi connectivity index (χ4n) is 1.16. The van der Waals surface area contributed by atoms with Gasteiger partial charge in [0, 0.05) is 32.7 Å². The summed E-state index contributed by atoms with van der Waals surface area (Å²) in [6.45, 7) is 3.47. The van der Waals surface area contributed by atoms with Gasteiger partial charge in [0.25, 0.3) is 0 Å². The van der Waals surface area contributed by atoms with Gasteiger partial charge in [0.15, 0.2) is 0 Å². The van der Waals surface area contributed by atoms with Crippen LogP contribution in [-0.4, -0.2) is 59.1 Å². The average molecular weight is 240 g/mol. The van der Waals surface area contributed by atoms with Crippen LogP contribution < -0.4 is 5.32 Å². The van der Waals surface area contributed by atoms with Crippen molar-refractivity contribution in [3.05, 3.63) is 0 Å². The van der Waals surface area contributed by atoms with Crippen LogP contribution >= 0.6 is 11.6 Å². The Morgan fingerprint density at radius 2 is 1.93 bits per heavy atom. The number of nitrogens with one attached hydrogen (secondary N) is 1. The molecule has 0 spiro atoms. The van der Waals surface area contributed by atoms with E-state index in [1.807, 2.05) is 0 Å². The Balaban J connectivity index is 3.28. The number of hydrogen-bond donors (Lipinski definition) is 1. The van der Waals surface area contributed by atoms with Crippen molar-refractivity contribution < 1.29 is 14.2 Å². The second-order valence-corrected chi connectivity index (χ2v) is 3.57. The topological polar surface area (TPSA) is 39.7 Å². The maximum absolute atomic E-state index is 5.67. The van der Waals surface area contributed by atoms with Crippen LogP contribution in [-0.2, 0) is 14.2 Å². The minimum absolute atomic E-state index is 0.318. The van der Waals surface area contributed by atoms with Crippen LogP contribution in [0.2, 0.25) is 0 Å². The van der Waals surface area contributed by atoms with Gasteiger partial charge in [0.05, 0.1) is 26.4 Å². The maximum atomic E-state index is 5.67. The molecule has 0 aliphatic carbocycles. The minimum Gasteiger partial charge on any atom is -0.383 e. The first kappa shape index (κ1) is 15.1. The number of halogens is 1. The summed E-state index contributed by atoms with van der Waals surface area (Å²) in [6.07, 6.45) is 0.910. The Labute approximate surface area is 97.2 Å². The van der Waals surface area contributed by atoms with E-state index in [9.17, 15) is 0 Å². The summed E-state index contributed by atoms with van der Waals surface area (Å²) in [5.41, 5.74) is 0. The van der Waals surface area contributed by atoms with Crippen LogP contribution in [0.3, 0.4) is 0 Å². The number of alkyl halides is 1. The van der Waals surface area contributed by atoms with E-state index in [2.05, 4.69) is 5.32 Å². The highest BCUT2D eigenvalue weighted by Crippen LogP contribution is 1.94. The van der Waals surface area contributed by atoms with E-state index in [1.54, 1.807) is 14.2 Å². The largest absolute Gasteiger partial charge is 0.383 e. The lowest BCUT2D eigenvalue weighted by atomic mass is 10.2. The molecule has 0 rings (SSSR count). The number of methoxy groups -OCH3 is 2. The smallest absolute Gasteiger partial charge is 0.0700 e. The molecule has 0 aliphatic heterocycles.